The van der Waals surface area contributed by atoms with Gasteiger partial charge in [-0.15, -0.1) is 11.3 Å². The van der Waals surface area contributed by atoms with Crippen LogP contribution in [-0.2, 0) is 4.74 Å². The predicted octanol–water partition coefficient (Wildman–Crippen LogP) is 4.97. The molecule has 0 N–H and O–H groups in total. The Morgan fingerprint density at radius 3 is 2.62 bits per heavy atom. The summed E-state index contributed by atoms with van der Waals surface area (Å²) in [6, 6.07) is 16.9. The maximum absolute atomic E-state index is 12.3. The van der Waals surface area contributed by atoms with Crippen molar-refractivity contribution in [3.8, 4) is 0 Å². The second-order valence-electron chi connectivity index (χ2n) is 5.19. The van der Waals surface area contributed by atoms with E-state index < -0.39 is 0 Å². The van der Waals surface area contributed by atoms with E-state index in [4.69, 9.17) is 4.74 Å². The molecule has 0 aliphatic rings. The number of hydrogen-bond acceptors (Lipinski definition) is 4. The van der Waals surface area contributed by atoms with Crippen LogP contribution in [0.5, 0.6) is 0 Å². The third kappa shape index (κ3) is 3.60. The van der Waals surface area contributed by atoms with E-state index in [0.717, 1.165) is 15.6 Å². The largest absolute Gasteiger partial charge is 0.462 e. The van der Waals surface area contributed by atoms with Crippen molar-refractivity contribution >= 4 is 39.3 Å². The van der Waals surface area contributed by atoms with Gasteiger partial charge in [0.2, 0.25) is 0 Å². The van der Waals surface area contributed by atoms with Gasteiger partial charge in [-0.25, -0.2) is 4.79 Å². The van der Waals surface area contributed by atoms with Crippen molar-refractivity contribution in [2.75, 3.05) is 6.61 Å². The van der Waals surface area contributed by atoms with E-state index in [1.54, 1.807) is 31.2 Å². The molecule has 0 spiro atoms. The minimum absolute atomic E-state index is 0.0438. The van der Waals surface area contributed by atoms with Crippen LogP contribution in [0.2, 0.25) is 0 Å². The summed E-state index contributed by atoms with van der Waals surface area (Å²) in [6.45, 7) is 2.12. The Balaban J connectivity index is 1.83. The molecule has 2 aromatic carbocycles. The number of allylic oxidation sites excluding steroid dienone is 1. The summed E-state index contributed by atoms with van der Waals surface area (Å²) >= 11 is 1.42. The number of hydrogen-bond donors (Lipinski definition) is 0. The summed E-state index contributed by atoms with van der Waals surface area (Å²) in [5, 5.41) is 0.877. The molecule has 0 atom stereocenters. The van der Waals surface area contributed by atoms with Crippen LogP contribution in [0, 0.1) is 0 Å². The molecule has 0 amide bonds. The molecule has 1 heterocycles. The fourth-order valence-corrected chi connectivity index (χ4v) is 3.29. The van der Waals surface area contributed by atoms with E-state index in [-0.39, 0.29) is 11.8 Å². The van der Waals surface area contributed by atoms with Crippen LogP contribution in [0.1, 0.15) is 32.5 Å². The lowest BCUT2D eigenvalue weighted by Gasteiger charge is -2.00. The maximum atomic E-state index is 12.3. The highest BCUT2D eigenvalue weighted by atomic mass is 32.1. The second kappa shape index (κ2) is 7.23. The number of carbonyl (C=O) groups excluding carboxylic acids is 2. The van der Waals surface area contributed by atoms with Crippen molar-refractivity contribution in [3.05, 3.63) is 76.7 Å². The van der Waals surface area contributed by atoms with Gasteiger partial charge in [0.1, 0.15) is 0 Å². The third-order valence-electron chi connectivity index (χ3n) is 3.50. The van der Waals surface area contributed by atoms with Crippen molar-refractivity contribution in [3.63, 3.8) is 0 Å². The Hall–Kier alpha value is -2.72. The highest BCUT2D eigenvalue weighted by molar-refractivity contribution is 7.21. The second-order valence-corrected chi connectivity index (χ2v) is 6.28. The number of carbonyl (C=O) groups is 2. The van der Waals surface area contributed by atoms with Crippen LogP contribution in [0.25, 0.3) is 16.2 Å². The highest BCUT2D eigenvalue weighted by Crippen LogP contribution is 2.27. The van der Waals surface area contributed by atoms with E-state index in [1.165, 1.54) is 11.3 Å². The molecule has 0 aliphatic carbocycles. The van der Waals surface area contributed by atoms with E-state index in [1.807, 2.05) is 42.5 Å². The zero-order chi connectivity index (χ0) is 16.9. The van der Waals surface area contributed by atoms with Crippen LogP contribution in [0.15, 0.2) is 60.7 Å². The van der Waals surface area contributed by atoms with Crippen molar-refractivity contribution < 1.29 is 14.3 Å². The minimum Gasteiger partial charge on any atom is -0.462 e. The topological polar surface area (TPSA) is 43.4 Å². The number of ether oxygens (including phenoxy) is 1. The molecular weight excluding hydrogens is 320 g/mol. The van der Waals surface area contributed by atoms with Gasteiger partial charge in [0.15, 0.2) is 5.78 Å². The average molecular weight is 336 g/mol. The fourth-order valence-electron chi connectivity index (χ4n) is 2.32. The van der Waals surface area contributed by atoms with Crippen molar-refractivity contribution in [1.82, 2.24) is 0 Å². The molecule has 4 heteroatoms. The van der Waals surface area contributed by atoms with Crippen LogP contribution in [0.3, 0.4) is 0 Å². The molecule has 0 aliphatic heterocycles. The molecule has 120 valence electrons. The molecule has 24 heavy (non-hydrogen) atoms. The molecule has 0 radical (unpaired) electrons. The Morgan fingerprint density at radius 1 is 1.08 bits per heavy atom. The fraction of sp³-hybridized carbons (Fsp3) is 0.100. The molecule has 0 unspecified atom stereocenters. The van der Waals surface area contributed by atoms with Crippen LogP contribution < -0.4 is 0 Å². The molecule has 0 saturated carbocycles. The van der Waals surface area contributed by atoms with Gasteiger partial charge < -0.3 is 4.74 Å². The SMILES string of the molecule is CCOC(=O)c1ccc2sc(C(=O)/C=C/c3ccccc3)cc2c1. The first-order chi connectivity index (χ1) is 11.7. The third-order valence-corrected chi connectivity index (χ3v) is 4.63. The van der Waals surface area contributed by atoms with Crippen LogP contribution in [-0.4, -0.2) is 18.4 Å². The molecule has 3 aromatic rings. The standard InChI is InChI=1S/C20H16O3S/c1-2-23-20(22)15-9-11-18-16(12-15)13-19(24-18)17(21)10-8-14-6-4-3-5-7-14/h3-13H,2H2,1H3/b10-8+. The molecular formula is C20H16O3S. The summed E-state index contributed by atoms with van der Waals surface area (Å²) in [4.78, 5) is 24.8. The molecule has 1 aromatic heterocycles. The van der Waals surface area contributed by atoms with Gasteiger partial charge in [0.25, 0.3) is 0 Å². The zero-order valence-corrected chi connectivity index (χ0v) is 14.0. The summed E-state index contributed by atoms with van der Waals surface area (Å²) in [5.74, 6) is -0.389. The van der Waals surface area contributed by atoms with Crippen molar-refractivity contribution in [2.45, 2.75) is 6.92 Å². The molecule has 0 saturated heterocycles. The number of thiophene rings is 1. The first-order valence-corrected chi connectivity index (χ1v) is 8.47. The van der Waals surface area contributed by atoms with Crippen molar-refractivity contribution in [1.29, 1.82) is 0 Å². The van der Waals surface area contributed by atoms with Crippen molar-refractivity contribution in [2.24, 2.45) is 0 Å². The summed E-state index contributed by atoms with van der Waals surface area (Å²) in [5.41, 5.74) is 1.48. The lowest BCUT2D eigenvalue weighted by Crippen LogP contribution is -2.03. The molecule has 3 rings (SSSR count). The Labute approximate surface area is 144 Å². The van der Waals surface area contributed by atoms with Gasteiger partial charge in [-0.1, -0.05) is 36.4 Å². The quantitative estimate of drug-likeness (QED) is 0.375. The van der Waals surface area contributed by atoms with Gasteiger partial charge >= 0.3 is 5.97 Å². The van der Waals surface area contributed by atoms with Crippen LogP contribution in [0.4, 0.5) is 0 Å². The van der Waals surface area contributed by atoms with Gasteiger partial charge in [0.05, 0.1) is 17.0 Å². The molecule has 0 bridgehead atoms. The van der Waals surface area contributed by atoms with Gasteiger partial charge in [-0.3, -0.25) is 4.79 Å². The first-order valence-electron chi connectivity index (χ1n) is 7.65. The van der Waals surface area contributed by atoms with E-state index >= 15 is 0 Å². The van der Waals surface area contributed by atoms with Gasteiger partial charge in [-0.05, 0) is 48.2 Å². The monoisotopic (exact) mass is 336 g/mol. The zero-order valence-electron chi connectivity index (χ0n) is 13.2. The number of benzene rings is 2. The summed E-state index contributed by atoms with van der Waals surface area (Å²) < 4.78 is 5.98. The molecule has 0 fully saturated rings. The average Bonchev–Trinajstić information content (AvgIpc) is 3.04. The Bertz CT molecular complexity index is 907. The highest BCUT2D eigenvalue weighted by Gasteiger charge is 2.11. The Kier molecular flexibility index (Phi) is 4.87. The molecule has 3 nitrogen and oxygen atoms in total. The van der Waals surface area contributed by atoms with E-state index in [9.17, 15) is 9.59 Å². The smallest absolute Gasteiger partial charge is 0.338 e. The predicted molar refractivity (Wildman–Crippen MR) is 97.6 cm³/mol. The maximum Gasteiger partial charge on any atom is 0.338 e. The Morgan fingerprint density at radius 2 is 1.88 bits per heavy atom. The lowest BCUT2D eigenvalue weighted by molar-refractivity contribution is 0.0526. The lowest BCUT2D eigenvalue weighted by atomic mass is 10.1. The van der Waals surface area contributed by atoms with Gasteiger partial charge in [-0.2, -0.15) is 0 Å². The summed E-state index contributed by atoms with van der Waals surface area (Å²) in [6.07, 6.45) is 3.38. The first kappa shape index (κ1) is 16.1. The number of fused-ring (bicyclic) bond motifs is 1. The number of ketones is 1. The van der Waals surface area contributed by atoms with Crippen LogP contribution >= 0.6 is 11.3 Å². The number of esters is 1. The van der Waals surface area contributed by atoms with Gasteiger partial charge in [0, 0.05) is 4.70 Å². The van der Waals surface area contributed by atoms with E-state index in [2.05, 4.69) is 0 Å². The number of rotatable bonds is 5. The normalized spacial score (nSPS) is 11.0. The van der Waals surface area contributed by atoms with E-state index in [0.29, 0.717) is 17.0 Å². The minimum atomic E-state index is -0.345. The summed E-state index contributed by atoms with van der Waals surface area (Å²) in [7, 11) is 0.